The Labute approximate surface area is 104 Å². The van der Waals surface area contributed by atoms with E-state index in [2.05, 4.69) is 5.32 Å². The average molecular weight is 256 g/mol. The first kappa shape index (κ1) is 12.3. The van der Waals surface area contributed by atoms with E-state index in [-0.39, 0.29) is 12.5 Å². The smallest absolute Gasteiger partial charge is 0.263 e. The molecule has 1 aromatic heterocycles. The minimum absolute atomic E-state index is 0.0760. The number of nitrogen functional groups attached to an aromatic ring is 1. The number of carbonyl (C=O) groups excluding carboxylic acids is 1. The van der Waals surface area contributed by atoms with Crippen LogP contribution in [0.5, 0.6) is 0 Å². The number of carbonyl (C=O) groups is 1. The van der Waals surface area contributed by atoms with Gasteiger partial charge in [-0.05, 0) is 24.3 Å². The van der Waals surface area contributed by atoms with Crippen molar-refractivity contribution in [3.05, 3.63) is 16.3 Å². The van der Waals surface area contributed by atoms with Crippen molar-refractivity contribution in [3.63, 3.8) is 0 Å². The van der Waals surface area contributed by atoms with Gasteiger partial charge in [-0.1, -0.05) is 0 Å². The number of hydrogen-bond acceptors (Lipinski definition) is 5. The van der Waals surface area contributed by atoms with Gasteiger partial charge in [0.15, 0.2) is 0 Å². The molecular weight excluding hydrogens is 240 g/mol. The van der Waals surface area contributed by atoms with Crippen LogP contribution in [0, 0.1) is 0 Å². The fraction of sp³-hybridized carbons (Fsp3) is 0.545. The van der Waals surface area contributed by atoms with Crippen LogP contribution in [0.4, 0.5) is 5.69 Å². The molecule has 6 heteroatoms. The van der Waals surface area contributed by atoms with Crippen molar-refractivity contribution in [1.29, 1.82) is 0 Å². The maximum absolute atomic E-state index is 12.0. The molecule has 1 aliphatic heterocycles. The van der Waals surface area contributed by atoms with E-state index in [4.69, 9.17) is 10.5 Å². The summed E-state index contributed by atoms with van der Waals surface area (Å²) in [6, 6.07) is 1.70. The van der Waals surface area contributed by atoms with E-state index in [1.165, 1.54) is 11.3 Å². The van der Waals surface area contributed by atoms with Gasteiger partial charge in [0, 0.05) is 13.2 Å². The van der Waals surface area contributed by atoms with Crippen molar-refractivity contribution < 1.29 is 14.6 Å². The van der Waals surface area contributed by atoms with Crippen molar-refractivity contribution in [3.8, 4) is 0 Å². The molecule has 94 valence electrons. The van der Waals surface area contributed by atoms with Gasteiger partial charge in [0.25, 0.3) is 5.91 Å². The maximum atomic E-state index is 12.0. The SMILES string of the molecule is Nc1ccsc1C(=O)NC1(CO)CCOCC1. The normalized spacial score (nSPS) is 18.9. The van der Waals surface area contributed by atoms with Crippen molar-refractivity contribution in [2.45, 2.75) is 18.4 Å². The second-order valence-corrected chi connectivity index (χ2v) is 5.13. The molecule has 0 atom stereocenters. The summed E-state index contributed by atoms with van der Waals surface area (Å²) in [7, 11) is 0. The van der Waals surface area contributed by atoms with Crippen LogP contribution in [-0.4, -0.2) is 36.4 Å². The van der Waals surface area contributed by atoms with E-state index in [1.807, 2.05) is 0 Å². The summed E-state index contributed by atoms with van der Waals surface area (Å²) in [6.07, 6.45) is 1.25. The Bertz CT molecular complexity index is 399. The number of aliphatic hydroxyl groups is 1. The molecule has 0 bridgehead atoms. The molecule has 1 aliphatic rings. The zero-order chi connectivity index (χ0) is 12.3. The quantitative estimate of drug-likeness (QED) is 0.739. The number of nitrogens with two attached hydrogens (primary N) is 1. The van der Waals surface area contributed by atoms with Crippen LogP contribution in [-0.2, 0) is 4.74 Å². The van der Waals surface area contributed by atoms with Crippen LogP contribution in [0.25, 0.3) is 0 Å². The van der Waals surface area contributed by atoms with Crippen molar-refractivity contribution in [2.75, 3.05) is 25.6 Å². The topological polar surface area (TPSA) is 84.6 Å². The Morgan fingerprint density at radius 3 is 2.82 bits per heavy atom. The minimum atomic E-state index is -0.564. The van der Waals surface area contributed by atoms with Crippen LogP contribution in [0.2, 0.25) is 0 Å². The molecular formula is C11H16N2O3S. The van der Waals surface area contributed by atoms with Crippen LogP contribution in [0.15, 0.2) is 11.4 Å². The summed E-state index contributed by atoms with van der Waals surface area (Å²) < 4.78 is 5.24. The summed E-state index contributed by atoms with van der Waals surface area (Å²) >= 11 is 1.31. The second kappa shape index (κ2) is 5.03. The maximum Gasteiger partial charge on any atom is 0.263 e. The monoisotopic (exact) mass is 256 g/mol. The molecule has 2 rings (SSSR count). The highest BCUT2D eigenvalue weighted by molar-refractivity contribution is 7.12. The Balaban J connectivity index is 2.08. The third kappa shape index (κ3) is 2.59. The zero-order valence-electron chi connectivity index (χ0n) is 9.44. The van der Waals surface area contributed by atoms with E-state index >= 15 is 0 Å². The van der Waals surface area contributed by atoms with E-state index in [1.54, 1.807) is 11.4 Å². The third-order valence-electron chi connectivity index (χ3n) is 3.03. The van der Waals surface area contributed by atoms with Crippen LogP contribution in [0.3, 0.4) is 0 Å². The second-order valence-electron chi connectivity index (χ2n) is 4.21. The molecule has 0 saturated carbocycles. The first-order chi connectivity index (χ1) is 8.17. The molecule has 1 amide bonds. The number of nitrogens with one attached hydrogen (secondary N) is 1. The Morgan fingerprint density at radius 2 is 2.29 bits per heavy atom. The van der Waals surface area contributed by atoms with Gasteiger partial charge in [-0.15, -0.1) is 11.3 Å². The fourth-order valence-corrected chi connectivity index (χ4v) is 2.60. The van der Waals surface area contributed by atoms with Crippen LogP contribution in [0.1, 0.15) is 22.5 Å². The third-order valence-corrected chi connectivity index (χ3v) is 3.96. The van der Waals surface area contributed by atoms with Crippen LogP contribution >= 0.6 is 11.3 Å². The summed E-state index contributed by atoms with van der Waals surface area (Å²) in [5.74, 6) is -0.214. The summed E-state index contributed by atoms with van der Waals surface area (Å²) in [5.41, 5.74) is 5.61. The molecule has 17 heavy (non-hydrogen) atoms. The van der Waals surface area contributed by atoms with Gasteiger partial charge in [0.2, 0.25) is 0 Å². The molecule has 1 fully saturated rings. The summed E-state index contributed by atoms with van der Waals surface area (Å²) in [5, 5.41) is 14.1. The van der Waals surface area contributed by atoms with Gasteiger partial charge < -0.3 is 20.9 Å². The highest BCUT2D eigenvalue weighted by Gasteiger charge is 2.34. The van der Waals surface area contributed by atoms with Crippen LogP contribution < -0.4 is 11.1 Å². The molecule has 0 aliphatic carbocycles. The van der Waals surface area contributed by atoms with Gasteiger partial charge >= 0.3 is 0 Å². The average Bonchev–Trinajstić information content (AvgIpc) is 2.77. The van der Waals surface area contributed by atoms with Crippen molar-refractivity contribution >= 4 is 22.9 Å². The lowest BCUT2D eigenvalue weighted by atomic mass is 9.91. The molecule has 1 aromatic rings. The van der Waals surface area contributed by atoms with E-state index in [9.17, 15) is 9.90 Å². The molecule has 2 heterocycles. The standard InChI is InChI=1S/C11H16N2O3S/c12-8-1-6-17-9(8)10(15)13-11(7-14)2-4-16-5-3-11/h1,6,14H,2-5,7,12H2,(H,13,15). The summed E-state index contributed by atoms with van der Waals surface area (Å²) in [4.78, 5) is 12.5. The predicted octanol–water partition coefficient (Wildman–Crippen LogP) is 0.602. The van der Waals surface area contributed by atoms with Crippen molar-refractivity contribution in [1.82, 2.24) is 5.32 Å². The number of thiophene rings is 1. The Kier molecular flexibility index (Phi) is 3.66. The largest absolute Gasteiger partial charge is 0.397 e. The highest BCUT2D eigenvalue weighted by Crippen LogP contribution is 2.24. The number of rotatable bonds is 3. The molecule has 0 radical (unpaired) electrons. The van der Waals surface area contributed by atoms with Gasteiger partial charge in [-0.3, -0.25) is 4.79 Å². The molecule has 0 aromatic carbocycles. The van der Waals surface area contributed by atoms with E-state index < -0.39 is 5.54 Å². The Morgan fingerprint density at radius 1 is 1.59 bits per heavy atom. The highest BCUT2D eigenvalue weighted by atomic mass is 32.1. The van der Waals surface area contributed by atoms with Gasteiger partial charge in [-0.2, -0.15) is 0 Å². The molecule has 4 N–H and O–H groups in total. The first-order valence-electron chi connectivity index (χ1n) is 5.51. The number of aliphatic hydroxyl groups excluding tert-OH is 1. The molecule has 0 spiro atoms. The van der Waals surface area contributed by atoms with E-state index in [0.717, 1.165) is 0 Å². The number of hydrogen-bond donors (Lipinski definition) is 3. The number of anilines is 1. The zero-order valence-corrected chi connectivity index (χ0v) is 10.3. The predicted molar refractivity (Wildman–Crippen MR) is 66.1 cm³/mol. The lowest BCUT2D eigenvalue weighted by Crippen LogP contribution is -2.54. The lowest BCUT2D eigenvalue weighted by Gasteiger charge is -2.36. The Hall–Kier alpha value is -1.11. The van der Waals surface area contributed by atoms with Gasteiger partial charge in [0.1, 0.15) is 4.88 Å². The minimum Gasteiger partial charge on any atom is -0.397 e. The number of amides is 1. The number of ether oxygens (including phenoxy) is 1. The molecule has 1 saturated heterocycles. The molecule has 0 unspecified atom stereocenters. The molecule has 5 nitrogen and oxygen atoms in total. The van der Waals surface area contributed by atoms with Crippen molar-refractivity contribution in [2.24, 2.45) is 0 Å². The van der Waals surface area contributed by atoms with E-state index in [0.29, 0.717) is 36.6 Å². The lowest BCUT2D eigenvalue weighted by molar-refractivity contribution is 0.0126. The van der Waals surface area contributed by atoms with Gasteiger partial charge in [0.05, 0.1) is 17.8 Å². The first-order valence-corrected chi connectivity index (χ1v) is 6.39. The summed E-state index contributed by atoms with van der Waals surface area (Å²) in [6.45, 7) is 1.04. The fourth-order valence-electron chi connectivity index (χ4n) is 1.89. The van der Waals surface area contributed by atoms with Gasteiger partial charge in [-0.25, -0.2) is 0 Å².